The van der Waals surface area contributed by atoms with Crippen molar-refractivity contribution >= 4 is 56.3 Å². The van der Waals surface area contributed by atoms with E-state index in [-0.39, 0.29) is 11.9 Å². The van der Waals surface area contributed by atoms with Crippen molar-refractivity contribution in [3.05, 3.63) is 95.8 Å². The summed E-state index contributed by atoms with van der Waals surface area (Å²) in [5.74, 6) is -0.0257. The lowest BCUT2D eigenvalue weighted by Gasteiger charge is -2.31. The van der Waals surface area contributed by atoms with Crippen LogP contribution in [0.1, 0.15) is 35.7 Å². The van der Waals surface area contributed by atoms with Gasteiger partial charge in [0, 0.05) is 76.5 Å². The van der Waals surface area contributed by atoms with Crippen LogP contribution in [0.5, 0.6) is 0 Å². The first-order valence-corrected chi connectivity index (χ1v) is 15.7. The first kappa shape index (κ1) is 27.5. The molecule has 1 unspecified atom stereocenters. The molecule has 0 radical (unpaired) electrons. The van der Waals surface area contributed by atoms with Crippen LogP contribution in [0.3, 0.4) is 0 Å². The van der Waals surface area contributed by atoms with Gasteiger partial charge in [-0.3, -0.25) is 4.79 Å². The number of carbonyl (C=O) groups excluding carboxylic acids is 1. The number of fused-ring (bicyclic) bond motifs is 2. The maximum atomic E-state index is 12.8. The van der Waals surface area contributed by atoms with Crippen molar-refractivity contribution < 1.29 is 9.35 Å². The molecule has 0 spiro atoms. The molecule has 1 amide bonds. The van der Waals surface area contributed by atoms with E-state index in [1.54, 1.807) is 6.26 Å². The molecule has 6 rings (SSSR count). The second-order valence-electron chi connectivity index (χ2n) is 10.7. The van der Waals surface area contributed by atoms with Gasteiger partial charge in [-0.1, -0.05) is 60.7 Å². The fraction of sp³-hybridized carbons (Fsp3) is 0.250. The number of para-hydroxylation sites is 1. The lowest BCUT2D eigenvalue weighted by atomic mass is 10.0. The molecule has 1 atom stereocenters. The normalized spacial score (nSPS) is 15.4. The fourth-order valence-electron chi connectivity index (χ4n) is 5.82. The number of rotatable bonds is 8. The molecule has 3 aromatic carbocycles. The molecule has 9 heteroatoms. The van der Waals surface area contributed by atoms with Crippen LogP contribution in [0.2, 0.25) is 0 Å². The standard InChI is InChI=1S/C32H33N5O2S2/c1-41(39)36-13-11-26(12-14-36)37-20-28(22-6-4-7-24(16-22)32(33)40)27-10-9-21(15-30(27)37)19-34-31(38)18-25-17-23-5-2-3-8-29(23)35-25/h2-10,15-17,20,26,35H,11-14,18-19H2,1H3,(H2,33,40)(H,34,38). The predicted octanol–water partition coefficient (Wildman–Crippen LogP) is 5.21. The van der Waals surface area contributed by atoms with E-state index in [1.807, 2.05) is 52.8 Å². The Morgan fingerprint density at radius 2 is 1.90 bits per heavy atom. The van der Waals surface area contributed by atoms with Crippen molar-refractivity contribution in [2.75, 3.05) is 19.3 Å². The zero-order valence-electron chi connectivity index (χ0n) is 22.9. The molecule has 0 bridgehead atoms. The SMILES string of the molecule is C[S+]([O-])N1CCC(n2cc(-c3cccc(C(N)=S)c3)c3ccc(CNC(=O)Cc4cc5ccccc5[nH]4)cc32)CC1. The zero-order chi connectivity index (χ0) is 28.5. The second-order valence-corrected chi connectivity index (χ2v) is 12.5. The van der Waals surface area contributed by atoms with Crippen LogP contribution < -0.4 is 11.1 Å². The van der Waals surface area contributed by atoms with Gasteiger partial charge in [0.1, 0.15) is 11.2 Å². The summed E-state index contributed by atoms with van der Waals surface area (Å²) in [6.45, 7) is 2.03. The minimum Gasteiger partial charge on any atom is -0.598 e. The Bertz CT molecular complexity index is 1700. The van der Waals surface area contributed by atoms with E-state index in [9.17, 15) is 9.35 Å². The Morgan fingerprint density at radius 3 is 2.66 bits per heavy atom. The van der Waals surface area contributed by atoms with Gasteiger partial charge in [-0.2, -0.15) is 0 Å². The highest BCUT2D eigenvalue weighted by molar-refractivity contribution is 7.88. The summed E-state index contributed by atoms with van der Waals surface area (Å²) in [7, 11) is 0. The molecule has 210 valence electrons. The van der Waals surface area contributed by atoms with Crippen molar-refractivity contribution in [3.63, 3.8) is 0 Å². The fourth-order valence-corrected chi connectivity index (χ4v) is 6.67. The lowest BCUT2D eigenvalue weighted by Crippen LogP contribution is -2.38. The molecule has 1 saturated heterocycles. The van der Waals surface area contributed by atoms with Gasteiger partial charge >= 0.3 is 0 Å². The quantitative estimate of drug-likeness (QED) is 0.172. The average molecular weight is 584 g/mol. The Balaban J connectivity index is 1.27. The number of amides is 1. The number of H-pyrrole nitrogens is 1. The third-order valence-electron chi connectivity index (χ3n) is 7.96. The number of nitrogens with one attached hydrogen (secondary N) is 2. The number of nitrogens with zero attached hydrogens (tertiary/aromatic N) is 2. The third kappa shape index (κ3) is 5.90. The molecule has 7 nitrogen and oxygen atoms in total. The summed E-state index contributed by atoms with van der Waals surface area (Å²) >= 11 is 4.28. The summed E-state index contributed by atoms with van der Waals surface area (Å²) in [4.78, 5) is 16.5. The van der Waals surface area contributed by atoms with Gasteiger partial charge in [0.15, 0.2) is 0 Å². The van der Waals surface area contributed by atoms with Gasteiger partial charge in [0.05, 0.1) is 6.42 Å². The predicted molar refractivity (Wildman–Crippen MR) is 171 cm³/mol. The largest absolute Gasteiger partial charge is 0.598 e. The van der Waals surface area contributed by atoms with E-state index in [2.05, 4.69) is 45.3 Å². The molecule has 5 aromatic rings. The molecule has 1 fully saturated rings. The number of piperidine rings is 1. The van der Waals surface area contributed by atoms with Gasteiger partial charge in [-0.05, 0) is 53.6 Å². The van der Waals surface area contributed by atoms with E-state index >= 15 is 0 Å². The number of thiocarbonyl (C=S) groups is 1. The van der Waals surface area contributed by atoms with Gasteiger partial charge in [-0.25, -0.2) is 0 Å². The van der Waals surface area contributed by atoms with Crippen LogP contribution in [0.25, 0.3) is 32.9 Å². The first-order chi connectivity index (χ1) is 19.9. The number of nitrogens with two attached hydrogens (primary N) is 1. The summed E-state index contributed by atoms with van der Waals surface area (Å²) < 4.78 is 16.4. The molecule has 0 saturated carbocycles. The first-order valence-electron chi connectivity index (χ1n) is 13.8. The molecule has 1 aliphatic rings. The number of carbonyl (C=O) groups is 1. The zero-order valence-corrected chi connectivity index (χ0v) is 24.6. The Morgan fingerprint density at radius 1 is 1.10 bits per heavy atom. The molecular weight excluding hydrogens is 551 g/mol. The molecule has 3 heterocycles. The van der Waals surface area contributed by atoms with Crippen molar-refractivity contribution in [2.24, 2.45) is 5.73 Å². The lowest BCUT2D eigenvalue weighted by molar-refractivity contribution is -0.120. The van der Waals surface area contributed by atoms with Crippen LogP contribution in [-0.4, -0.2) is 48.7 Å². The minimum absolute atomic E-state index is 0.0257. The van der Waals surface area contributed by atoms with E-state index < -0.39 is 11.4 Å². The van der Waals surface area contributed by atoms with E-state index in [1.165, 1.54) is 0 Å². The van der Waals surface area contributed by atoms with E-state index in [0.29, 0.717) is 18.0 Å². The van der Waals surface area contributed by atoms with Gasteiger partial charge in [-0.15, -0.1) is 4.31 Å². The maximum absolute atomic E-state index is 12.8. The monoisotopic (exact) mass is 583 g/mol. The smallest absolute Gasteiger partial charge is 0.226 e. The topological polar surface area (TPSA) is 102 Å². The highest BCUT2D eigenvalue weighted by Crippen LogP contribution is 2.36. The number of hydrogen-bond acceptors (Lipinski definition) is 4. The average Bonchev–Trinajstić information content (AvgIpc) is 3.57. The highest BCUT2D eigenvalue weighted by Gasteiger charge is 2.27. The van der Waals surface area contributed by atoms with Crippen molar-refractivity contribution in [2.45, 2.75) is 31.8 Å². The minimum atomic E-state index is -0.955. The molecule has 41 heavy (non-hydrogen) atoms. The van der Waals surface area contributed by atoms with Crippen LogP contribution in [-0.2, 0) is 29.1 Å². The van der Waals surface area contributed by atoms with Crippen LogP contribution in [0.15, 0.2) is 79.0 Å². The Hall–Kier alpha value is -3.63. The molecular formula is C32H33N5O2S2. The van der Waals surface area contributed by atoms with E-state index in [0.717, 1.165) is 75.7 Å². The summed E-state index contributed by atoms with van der Waals surface area (Å²) in [5, 5.41) is 5.34. The van der Waals surface area contributed by atoms with Crippen LogP contribution in [0.4, 0.5) is 0 Å². The molecule has 0 aliphatic carbocycles. The maximum Gasteiger partial charge on any atom is 0.226 e. The Kier molecular flexibility index (Phi) is 7.86. The summed E-state index contributed by atoms with van der Waals surface area (Å²) in [6.07, 6.45) is 6.11. The summed E-state index contributed by atoms with van der Waals surface area (Å²) in [5.41, 5.74) is 13.1. The highest BCUT2D eigenvalue weighted by atomic mass is 32.2. The Labute approximate surface area is 248 Å². The van der Waals surface area contributed by atoms with Crippen molar-refractivity contribution in [1.29, 1.82) is 0 Å². The van der Waals surface area contributed by atoms with Gasteiger partial charge < -0.3 is 25.2 Å². The van der Waals surface area contributed by atoms with Gasteiger partial charge in [0.2, 0.25) is 5.91 Å². The molecule has 1 aliphatic heterocycles. The number of aromatic nitrogens is 2. The summed E-state index contributed by atoms with van der Waals surface area (Å²) in [6, 6.07) is 24.8. The molecule has 4 N–H and O–H groups in total. The number of benzene rings is 3. The number of hydrogen-bond donors (Lipinski definition) is 3. The second kappa shape index (κ2) is 11.7. The van der Waals surface area contributed by atoms with Gasteiger partial charge in [0.25, 0.3) is 0 Å². The molecule has 2 aromatic heterocycles. The number of aromatic amines is 1. The van der Waals surface area contributed by atoms with Crippen LogP contribution >= 0.6 is 12.2 Å². The van der Waals surface area contributed by atoms with E-state index in [4.69, 9.17) is 18.0 Å². The van der Waals surface area contributed by atoms with Crippen molar-refractivity contribution in [3.8, 4) is 11.1 Å². The van der Waals surface area contributed by atoms with Crippen LogP contribution in [0, 0.1) is 0 Å². The third-order valence-corrected chi connectivity index (χ3v) is 9.29. The van der Waals surface area contributed by atoms with Crippen molar-refractivity contribution in [1.82, 2.24) is 19.2 Å².